The fourth-order valence-corrected chi connectivity index (χ4v) is 3.11. The summed E-state index contributed by atoms with van der Waals surface area (Å²) in [5.41, 5.74) is 0.0607. The normalized spacial score (nSPS) is 10.8. The number of amides is 1. The monoisotopic (exact) mass is 420 g/mol. The zero-order chi connectivity index (χ0) is 18.7. The molecule has 0 unspecified atom stereocenters. The molecular formula is C17H14BrFN4O3. The molecule has 7 nitrogen and oxygen atoms in total. The summed E-state index contributed by atoms with van der Waals surface area (Å²) in [4.78, 5) is 32.0. The van der Waals surface area contributed by atoms with Crippen LogP contribution in [-0.2, 0) is 6.42 Å². The Hall–Kier alpha value is -2.81. The molecule has 0 bridgehead atoms. The maximum atomic E-state index is 14.2. The summed E-state index contributed by atoms with van der Waals surface area (Å²) in [6, 6.07) is 6.09. The van der Waals surface area contributed by atoms with Crippen LogP contribution in [-0.4, -0.2) is 32.3 Å². The highest BCUT2D eigenvalue weighted by atomic mass is 79.9. The van der Waals surface area contributed by atoms with Crippen LogP contribution in [0.3, 0.4) is 0 Å². The first-order valence-electron chi connectivity index (χ1n) is 7.76. The first kappa shape index (κ1) is 18.0. The smallest absolute Gasteiger partial charge is 0.404 e. The van der Waals surface area contributed by atoms with Crippen LogP contribution >= 0.6 is 15.9 Å². The number of nitrogens with one attached hydrogen (secondary N) is 1. The van der Waals surface area contributed by atoms with Gasteiger partial charge in [-0.15, -0.1) is 0 Å². The predicted octanol–water partition coefficient (Wildman–Crippen LogP) is 2.88. The van der Waals surface area contributed by atoms with Crippen LogP contribution < -0.4 is 10.9 Å². The van der Waals surface area contributed by atoms with E-state index in [2.05, 4.69) is 31.2 Å². The van der Waals surface area contributed by atoms with E-state index in [0.29, 0.717) is 22.4 Å². The molecule has 3 aromatic rings. The third-order valence-corrected chi connectivity index (χ3v) is 4.41. The Morgan fingerprint density at radius 2 is 2.15 bits per heavy atom. The molecular weight excluding hydrogens is 407 g/mol. The van der Waals surface area contributed by atoms with E-state index >= 15 is 0 Å². The molecule has 0 aliphatic rings. The van der Waals surface area contributed by atoms with Gasteiger partial charge in [0.2, 0.25) is 0 Å². The van der Waals surface area contributed by atoms with Gasteiger partial charge in [-0.25, -0.2) is 14.2 Å². The second kappa shape index (κ2) is 7.61. The summed E-state index contributed by atoms with van der Waals surface area (Å²) in [5, 5.41) is 11.0. The summed E-state index contributed by atoms with van der Waals surface area (Å²) in [7, 11) is 0. The SMILES string of the molecule is O=C(O)NCCCc1nc2c(F)ccc(Br)c2c(=O)n1-c1cccnc1. The highest BCUT2D eigenvalue weighted by Gasteiger charge is 2.17. The van der Waals surface area contributed by atoms with Crippen LogP contribution in [0.15, 0.2) is 45.9 Å². The van der Waals surface area contributed by atoms with Crippen molar-refractivity contribution in [3.05, 3.63) is 63.1 Å². The lowest BCUT2D eigenvalue weighted by Crippen LogP contribution is -2.26. The minimum Gasteiger partial charge on any atom is -0.465 e. The molecule has 0 fully saturated rings. The lowest BCUT2D eigenvalue weighted by molar-refractivity contribution is 0.194. The van der Waals surface area contributed by atoms with E-state index < -0.39 is 17.5 Å². The Balaban J connectivity index is 2.16. The van der Waals surface area contributed by atoms with E-state index in [9.17, 15) is 14.0 Å². The van der Waals surface area contributed by atoms with Crippen molar-refractivity contribution in [2.45, 2.75) is 12.8 Å². The largest absolute Gasteiger partial charge is 0.465 e. The minimum atomic E-state index is -1.13. The summed E-state index contributed by atoms with van der Waals surface area (Å²) >= 11 is 3.28. The average Bonchev–Trinajstić information content (AvgIpc) is 2.62. The van der Waals surface area contributed by atoms with Gasteiger partial charge in [-0.05, 0) is 46.6 Å². The Bertz CT molecular complexity index is 1020. The lowest BCUT2D eigenvalue weighted by Gasteiger charge is -2.14. The van der Waals surface area contributed by atoms with Crippen molar-refractivity contribution in [3.63, 3.8) is 0 Å². The number of nitrogens with zero attached hydrogens (tertiary/aromatic N) is 3. The Morgan fingerprint density at radius 3 is 2.85 bits per heavy atom. The number of fused-ring (bicyclic) bond motifs is 1. The molecule has 0 radical (unpaired) electrons. The second-order valence-corrected chi connectivity index (χ2v) is 6.32. The molecule has 0 spiro atoms. The number of aromatic nitrogens is 3. The zero-order valence-electron chi connectivity index (χ0n) is 13.4. The van der Waals surface area contributed by atoms with E-state index in [-0.39, 0.29) is 23.9 Å². The maximum Gasteiger partial charge on any atom is 0.404 e. The Kier molecular flexibility index (Phi) is 5.27. The number of rotatable bonds is 5. The van der Waals surface area contributed by atoms with Crippen LogP contribution in [0.1, 0.15) is 12.2 Å². The van der Waals surface area contributed by atoms with E-state index in [0.717, 1.165) is 0 Å². The van der Waals surface area contributed by atoms with Gasteiger partial charge in [0.1, 0.15) is 17.2 Å². The summed E-state index contributed by atoms with van der Waals surface area (Å²) in [6.45, 7) is 0.192. The predicted molar refractivity (Wildman–Crippen MR) is 97.1 cm³/mol. The molecule has 0 aliphatic heterocycles. The van der Waals surface area contributed by atoms with Gasteiger partial charge < -0.3 is 10.4 Å². The molecule has 1 amide bonds. The molecule has 9 heteroatoms. The van der Waals surface area contributed by atoms with E-state index in [1.807, 2.05) is 0 Å². The van der Waals surface area contributed by atoms with Gasteiger partial charge in [-0.3, -0.25) is 14.3 Å². The first-order chi connectivity index (χ1) is 12.5. The van der Waals surface area contributed by atoms with Crippen LogP contribution in [0.2, 0.25) is 0 Å². The number of carboxylic acid groups (broad SMARTS) is 1. The van der Waals surface area contributed by atoms with Crippen molar-refractivity contribution in [2.75, 3.05) is 6.54 Å². The van der Waals surface area contributed by atoms with Crippen molar-refractivity contribution in [1.29, 1.82) is 0 Å². The van der Waals surface area contributed by atoms with Crippen molar-refractivity contribution < 1.29 is 14.3 Å². The third-order valence-electron chi connectivity index (χ3n) is 3.75. The fourth-order valence-electron chi connectivity index (χ4n) is 2.62. The van der Waals surface area contributed by atoms with Crippen LogP contribution in [0, 0.1) is 5.82 Å². The van der Waals surface area contributed by atoms with Crippen molar-refractivity contribution in [1.82, 2.24) is 19.9 Å². The minimum absolute atomic E-state index is 0.0225. The Morgan fingerprint density at radius 1 is 1.35 bits per heavy atom. The van der Waals surface area contributed by atoms with Gasteiger partial charge in [-0.1, -0.05) is 0 Å². The maximum absolute atomic E-state index is 14.2. The van der Waals surface area contributed by atoms with Crippen molar-refractivity contribution >= 4 is 32.9 Å². The quantitative estimate of drug-likeness (QED) is 0.618. The zero-order valence-corrected chi connectivity index (χ0v) is 15.0. The van der Waals surface area contributed by atoms with E-state index in [4.69, 9.17) is 5.11 Å². The molecule has 1 aromatic carbocycles. The molecule has 0 atom stereocenters. The van der Waals surface area contributed by atoms with Crippen molar-refractivity contribution in [3.8, 4) is 5.69 Å². The highest BCUT2D eigenvalue weighted by Crippen LogP contribution is 2.23. The molecule has 0 saturated heterocycles. The first-order valence-corrected chi connectivity index (χ1v) is 8.55. The van der Waals surface area contributed by atoms with E-state index in [1.165, 1.54) is 22.9 Å². The third kappa shape index (κ3) is 3.57. The van der Waals surface area contributed by atoms with E-state index in [1.54, 1.807) is 18.3 Å². The number of pyridine rings is 1. The van der Waals surface area contributed by atoms with Gasteiger partial charge >= 0.3 is 6.09 Å². The standard InChI is InChI=1S/C17H14BrFN4O3/c18-11-5-6-12(19)15-14(11)16(24)23(10-3-1-7-20-9-10)13(22-15)4-2-8-21-17(25)26/h1,3,5-7,9,21H,2,4,8H2,(H,25,26). The molecule has 2 N–H and O–H groups in total. The molecule has 2 aromatic heterocycles. The van der Waals surface area contributed by atoms with Gasteiger partial charge in [0.15, 0.2) is 0 Å². The number of carbonyl (C=O) groups is 1. The molecule has 134 valence electrons. The van der Waals surface area contributed by atoms with Crippen molar-refractivity contribution in [2.24, 2.45) is 0 Å². The average molecular weight is 421 g/mol. The summed E-state index contributed by atoms with van der Waals surface area (Å²) in [6.07, 6.45) is 2.65. The summed E-state index contributed by atoms with van der Waals surface area (Å²) < 4.78 is 16.0. The molecule has 26 heavy (non-hydrogen) atoms. The molecule has 3 rings (SSSR count). The Labute approximate surface area is 155 Å². The number of hydrogen-bond donors (Lipinski definition) is 2. The summed E-state index contributed by atoms with van der Waals surface area (Å²) in [5.74, 6) is -0.261. The molecule has 0 aliphatic carbocycles. The molecule has 0 saturated carbocycles. The van der Waals surface area contributed by atoms with Crippen LogP contribution in [0.25, 0.3) is 16.6 Å². The number of aryl methyl sites for hydroxylation is 1. The van der Waals surface area contributed by atoms with Crippen LogP contribution in [0.4, 0.5) is 9.18 Å². The van der Waals surface area contributed by atoms with Crippen LogP contribution in [0.5, 0.6) is 0 Å². The fraction of sp³-hybridized carbons (Fsp3) is 0.176. The van der Waals surface area contributed by atoms with Gasteiger partial charge in [0.25, 0.3) is 5.56 Å². The topological polar surface area (TPSA) is 97.1 Å². The number of halogens is 2. The highest BCUT2D eigenvalue weighted by molar-refractivity contribution is 9.10. The van der Waals surface area contributed by atoms with Gasteiger partial charge in [0, 0.05) is 23.6 Å². The second-order valence-electron chi connectivity index (χ2n) is 5.47. The molecule has 2 heterocycles. The van der Waals surface area contributed by atoms with Gasteiger partial charge in [-0.2, -0.15) is 0 Å². The lowest BCUT2D eigenvalue weighted by atomic mass is 10.2. The number of benzene rings is 1. The van der Waals surface area contributed by atoms with Gasteiger partial charge in [0.05, 0.1) is 17.3 Å². The number of hydrogen-bond acceptors (Lipinski definition) is 4.